The van der Waals surface area contributed by atoms with Crippen molar-refractivity contribution in [3.05, 3.63) is 155 Å². The Balaban J connectivity index is 0.000000184. The van der Waals surface area contributed by atoms with Crippen LogP contribution in [0.15, 0.2) is 168 Å². The van der Waals surface area contributed by atoms with E-state index in [-0.39, 0.29) is 0 Å². The minimum absolute atomic E-state index is 0.630. The molecule has 5 aromatic rings. The van der Waals surface area contributed by atoms with E-state index in [1.165, 1.54) is 0 Å². The summed E-state index contributed by atoms with van der Waals surface area (Å²) < 4.78 is 43.4. The number of nitrogens with one attached hydrogen (secondary N) is 1. The van der Waals surface area contributed by atoms with Gasteiger partial charge in [0, 0.05) is 27.7 Å². The third-order valence-electron chi connectivity index (χ3n) is 7.05. The second kappa shape index (κ2) is 15.8. The van der Waals surface area contributed by atoms with Gasteiger partial charge in [0.05, 0.1) is 21.2 Å². The van der Waals surface area contributed by atoms with Crippen LogP contribution in [0.4, 0.5) is 17.1 Å². The van der Waals surface area contributed by atoms with Crippen LogP contribution in [0, 0.1) is 0 Å². The molecule has 46 heavy (non-hydrogen) atoms. The van der Waals surface area contributed by atoms with Gasteiger partial charge in [0.15, 0.2) is 9.92 Å². The molecule has 5 aromatic carbocycles. The summed E-state index contributed by atoms with van der Waals surface area (Å²) in [6, 6.07) is 41.4. The molecule has 0 saturated carbocycles. The third kappa shape index (κ3) is 8.83. The van der Waals surface area contributed by atoms with E-state index in [2.05, 4.69) is 51.9 Å². The zero-order valence-electron chi connectivity index (χ0n) is 25.0. The predicted octanol–water partition coefficient (Wildman–Crippen LogP) is 10.9. The minimum Gasteiger partial charge on any atom is -0.295 e. The van der Waals surface area contributed by atoms with Gasteiger partial charge in [-0.1, -0.05) is 93.0 Å². The summed E-state index contributed by atoms with van der Waals surface area (Å²) in [7, 11) is -5.44. The molecule has 1 N–H and O–H groups in total. The average Bonchev–Trinajstić information content (AvgIpc) is 3.65. The lowest BCUT2D eigenvalue weighted by atomic mass is 10.2. The van der Waals surface area contributed by atoms with Gasteiger partial charge in [-0.15, -0.1) is 0 Å². The SMILES string of the molecule is C=Cc1ccc(NS(=O)(=Nc2ccc(Br)cc2)c2ccccc2)cc1.O=S(=Nc1ccc(Br)cc1)(c1ccccc1)N1CCCC1. The minimum atomic E-state index is -2.87. The van der Waals surface area contributed by atoms with Crippen LogP contribution in [0.25, 0.3) is 6.08 Å². The zero-order chi connectivity index (χ0) is 32.4. The van der Waals surface area contributed by atoms with E-state index in [1.807, 2.05) is 138 Å². The van der Waals surface area contributed by atoms with E-state index < -0.39 is 19.8 Å². The lowest BCUT2D eigenvalue weighted by molar-refractivity contribution is 0.527. The molecule has 1 saturated heterocycles. The molecule has 0 radical (unpaired) electrons. The second-order valence-electron chi connectivity index (χ2n) is 10.3. The molecule has 6 nitrogen and oxygen atoms in total. The molecule has 2 atom stereocenters. The van der Waals surface area contributed by atoms with Crippen molar-refractivity contribution < 1.29 is 8.42 Å². The van der Waals surface area contributed by atoms with Crippen molar-refractivity contribution in [2.24, 2.45) is 8.73 Å². The summed E-state index contributed by atoms with van der Waals surface area (Å²) in [6.45, 7) is 5.43. The standard InChI is InChI=1S/C20H17BrN2OS.C16H17BrN2OS/c1-2-16-8-12-18(13-9-16)22-25(24,20-6-4-3-5-7-20)23-19-14-10-17(21)11-15-19;17-14-8-10-15(11-9-14)18-21(20,19-12-4-5-13-19)16-6-2-1-3-7-16/h2-15H,1H2,(H,22,23,24);1-3,6-11H,4-5,12-13H2. The number of rotatable bonds is 8. The van der Waals surface area contributed by atoms with Crippen molar-refractivity contribution >= 4 is 74.8 Å². The fourth-order valence-corrected chi connectivity index (χ4v) is 9.06. The fourth-order valence-electron chi connectivity index (χ4n) is 4.67. The molecule has 1 heterocycles. The molecule has 0 aromatic heterocycles. The smallest absolute Gasteiger partial charge is 0.163 e. The molecule has 0 aliphatic carbocycles. The summed E-state index contributed by atoms with van der Waals surface area (Å²) in [6.07, 6.45) is 3.93. The van der Waals surface area contributed by atoms with Gasteiger partial charge in [-0.2, -0.15) is 8.73 Å². The number of halogens is 2. The highest BCUT2D eigenvalue weighted by Gasteiger charge is 2.25. The van der Waals surface area contributed by atoms with Gasteiger partial charge in [-0.3, -0.25) is 4.72 Å². The molecular formula is C36H34Br2N4O2S2. The predicted molar refractivity (Wildman–Crippen MR) is 199 cm³/mol. The van der Waals surface area contributed by atoms with E-state index in [0.29, 0.717) is 10.6 Å². The highest BCUT2D eigenvalue weighted by molar-refractivity contribution is 9.10. The first kappa shape index (κ1) is 33.8. The molecule has 0 amide bonds. The van der Waals surface area contributed by atoms with Crippen molar-refractivity contribution in [3.63, 3.8) is 0 Å². The van der Waals surface area contributed by atoms with Gasteiger partial charge in [0.25, 0.3) is 0 Å². The number of nitrogens with zero attached hydrogens (tertiary/aromatic N) is 3. The van der Waals surface area contributed by atoms with Crippen molar-refractivity contribution in [1.82, 2.24) is 4.31 Å². The summed E-state index contributed by atoms with van der Waals surface area (Å²) >= 11 is 6.81. The summed E-state index contributed by atoms with van der Waals surface area (Å²) in [5, 5.41) is 0. The van der Waals surface area contributed by atoms with Crippen molar-refractivity contribution in [2.45, 2.75) is 22.6 Å². The van der Waals surface area contributed by atoms with E-state index in [0.717, 1.165) is 56.7 Å². The summed E-state index contributed by atoms with van der Waals surface area (Å²) in [5.41, 5.74) is 3.13. The highest BCUT2D eigenvalue weighted by Crippen LogP contribution is 2.28. The fraction of sp³-hybridized carbons (Fsp3) is 0.111. The van der Waals surface area contributed by atoms with E-state index >= 15 is 0 Å². The normalized spacial score (nSPS) is 15.3. The Morgan fingerprint density at radius 2 is 1.11 bits per heavy atom. The molecule has 0 bridgehead atoms. The Morgan fingerprint density at radius 1 is 0.630 bits per heavy atom. The Labute approximate surface area is 289 Å². The Morgan fingerprint density at radius 3 is 1.61 bits per heavy atom. The number of hydrogen-bond acceptors (Lipinski definition) is 4. The number of anilines is 1. The topological polar surface area (TPSA) is 74.1 Å². The first-order chi connectivity index (χ1) is 22.3. The second-order valence-corrected chi connectivity index (χ2v) is 16.3. The maximum absolute atomic E-state index is 13.7. The maximum atomic E-state index is 13.7. The van der Waals surface area contributed by atoms with Crippen LogP contribution in [-0.2, 0) is 19.8 Å². The van der Waals surface area contributed by atoms with Gasteiger partial charge in [-0.25, -0.2) is 12.7 Å². The molecule has 2 unspecified atom stereocenters. The van der Waals surface area contributed by atoms with E-state index in [9.17, 15) is 8.42 Å². The number of benzene rings is 5. The first-order valence-corrected chi connectivity index (χ1v) is 19.3. The lowest BCUT2D eigenvalue weighted by Gasteiger charge is -2.21. The van der Waals surface area contributed by atoms with Gasteiger partial charge in [0.2, 0.25) is 0 Å². The van der Waals surface area contributed by atoms with Gasteiger partial charge in [0.1, 0.15) is 9.92 Å². The van der Waals surface area contributed by atoms with Crippen LogP contribution in [0.5, 0.6) is 0 Å². The zero-order valence-corrected chi connectivity index (χ0v) is 29.9. The Hall–Kier alpha value is -3.54. The van der Waals surface area contributed by atoms with Crippen LogP contribution in [0.3, 0.4) is 0 Å². The molecule has 0 spiro atoms. The summed E-state index contributed by atoms with van der Waals surface area (Å²) in [5.74, 6) is 0. The van der Waals surface area contributed by atoms with Crippen LogP contribution in [0.1, 0.15) is 18.4 Å². The molecule has 6 rings (SSSR count). The molecule has 1 aliphatic rings. The van der Waals surface area contributed by atoms with Gasteiger partial charge >= 0.3 is 0 Å². The quantitative estimate of drug-likeness (QED) is 0.170. The van der Waals surface area contributed by atoms with E-state index in [4.69, 9.17) is 0 Å². The molecule has 10 heteroatoms. The molecule has 1 aliphatic heterocycles. The van der Waals surface area contributed by atoms with Crippen molar-refractivity contribution in [1.29, 1.82) is 0 Å². The molecular weight excluding hydrogens is 744 g/mol. The maximum Gasteiger partial charge on any atom is 0.163 e. The van der Waals surface area contributed by atoms with Crippen LogP contribution < -0.4 is 4.72 Å². The van der Waals surface area contributed by atoms with Crippen LogP contribution >= 0.6 is 31.9 Å². The lowest BCUT2D eigenvalue weighted by Crippen LogP contribution is -2.27. The largest absolute Gasteiger partial charge is 0.295 e. The van der Waals surface area contributed by atoms with Crippen LogP contribution in [-0.4, -0.2) is 25.8 Å². The average molecular weight is 779 g/mol. The van der Waals surface area contributed by atoms with Gasteiger partial charge < -0.3 is 0 Å². The summed E-state index contributed by atoms with van der Waals surface area (Å²) in [4.78, 5) is 1.42. The molecule has 236 valence electrons. The third-order valence-corrected chi connectivity index (χ3v) is 12.4. The highest BCUT2D eigenvalue weighted by atomic mass is 79.9. The monoisotopic (exact) mass is 776 g/mol. The van der Waals surface area contributed by atoms with Crippen molar-refractivity contribution in [3.8, 4) is 0 Å². The Kier molecular flexibility index (Phi) is 11.6. The van der Waals surface area contributed by atoms with Crippen LogP contribution in [0.2, 0.25) is 0 Å². The Bertz CT molecular complexity index is 1980. The number of hydrogen-bond donors (Lipinski definition) is 1. The molecule has 1 fully saturated rings. The first-order valence-electron chi connectivity index (χ1n) is 14.7. The van der Waals surface area contributed by atoms with E-state index in [1.54, 1.807) is 6.08 Å². The van der Waals surface area contributed by atoms with Crippen molar-refractivity contribution in [2.75, 3.05) is 17.8 Å². The van der Waals surface area contributed by atoms with Gasteiger partial charge in [-0.05, 0) is 103 Å².